The summed E-state index contributed by atoms with van der Waals surface area (Å²) in [6.07, 6.45) is 5.04. The number of rotatable bonds is 5. The van der Waals surface area contributed by atoms with E-state index in [1.165, 1.54) is 31.4 Å². The number of ketones is 1. The SMILES string of the molecule is Cc1cc(C(=O)CNc2cccc(Cl)c2)c(C)n1C1CCCC1. The van der Waals surface area contributed by atoms with Crippen molar-refractivity contribution in [1.29, 1.82) is 0 Å². The normalized spacial score (nSPS) is 15.1. The van der Waals surface area contributed by atoms with E-state index in [0.29, 0.717) is 11.1 Å². The maximum atomic E-state index is 12.6. The van der Waals surface area contributed by atoms with Crippen molar-refractivity contribution in [2.75, 3.05) is 11.9 Å². The van der Waals surface area contributed by atoms with E-state index in [1.54, 1.807) is 0 Å². The predicted octanol–water partition coefficient (Wildman–Crippen LogP) is 5.17. The van der Waals surface area contributed by atoms with E-state index in [0.717, 1.165) is 16.9 Å². The minimum absolute atomic E-state index is 0.127. The summed E-state index contributed by atoms with van der Waals surface area (Å²) < 4.78 is 2.36. The van der Waals surface area contributed by atoms with Crippen LogP contribution in [0.2, 0.25) is 5.02 Å². The molecule has 1 heterocycles. The number of halogens is 1. The molecule has 2 aromatic rings. The molecule has 122 valence electrons. The van der Waals surface area contributed by atoms with Crippen LogP contribution in [0.3, 0.4) is 0 Å². The Balaban J connectivity index is 1.73. The van der Waals surface area contributed by atoms with E-state index < -0.39 is 0 Å². The predicted molar refractivity (Wildman–Crippen MR) is 95.7 cm³/mol. The third-order valence-electron chi connectivity index (χ3n) is 4.75. The first-order chi connectivity index (χ1) is 11.1. The summed E-state index contributed by atoms with van der Waals surface area (Å²) in [6.45, 7) is 4.46. The lowest BCUT2D eigenvalue weighted by molar-refractivity contribution is 0.101. The third kappa shape index (κ3) is 3.45. The lowest BCUT2D eigenvalue weighted by Crippen LogP contribution is -2.15. The van der Waals surface area contributed by atoms with E-state index in [4.69, 9.17) is 11.6 Å². The first-order valence-corrected chi connectivity index (χ1v) is 8.65. The van der Waals surface area contributed by atoms with Gasteiger partial charge in [-0.3, -0.25) is 4.79 Å². The molecule has 0 saturated heterocycles. The second-order valence-electron chi connectivity index (χ2n) is 6.38. The fourth-order valence-corrected chi connectivity index (χ4v) is 3.85. The Hall–Kier alpha value is -1.74. The molecule has 0 unspecified atom stereocenters. The molecule has 0 bridgehead atoms. The second-order valence-corrected chi connectivity index (χ2v) is 6.82. The van der Waals surface area contributed by atoms with Gasteiger partial charge in [-0.1, -0.05) is 30.5 Å². The van der Waals surface area contributed by atoms with Crippen molar-refractivity contribution in [3.05, 3.63) is 52.3 Å². The Bertz CT molecular complexity index is 714. The van der Waals surface area contributed by atoms with E-state index in [9.17, 15) is 4.79 Å². The van der Waals surface area contributed by atoms with Gasteiger partial charge >= 0.3 is 0 Å². The average Bonchev–Trinajstić information content (AvgIpc) is 3.13. The van der Waals surface area contributed by atoms with Crippen molar-refractivity contribution >= 4 is 23.1 Å². The van der Waals surface area contributed by atoms with Crippen molar-refractivity contribution in [3.8, 4) is 0 Å². The molecule has 3 rings (SSSR count). The van der Waals surface area contributed by atoms with E-state index in [1.807, 2.05) is 30.3 Å². The second kappa shape index (κ2) is 6.79. The van der Waals surface area contributed by atoms with Crippen LogP contribution >= 0.6 is 11.6 Å². The fourth-order valence-electron chi connectivity index (χ4n) is 3.66. The molecule has 1 aromatic heterocycles. The summed E-state index contributed by atoms with van der Waals surface area (Å²) in [4.78, 5) is 12.6. The maximum absolute atomic E-state index is 12.6. The van der Waals surface area contributed by atoms with Gasteiger partial charge in [0, 0.05) is 33.7 Å². The van der Waals surface area contributed by atoms with Gasteiger partial charge in [0.1, 0.15) is 0 Å². The zero-order valence-corrected chi connectivity index (χ0v) is 14.5. The number of aryl methyl sites for hydroxylation is 1. The van der Waals surface area contributed by atoms with Crippen LogP contribution in [0.15, 0.2) is 30.3 Å². The van der Waals surface area contributed by atoms with E-state index in [-0.39, 0.29) is 12.3 Å². The van der Waals surface area contributed by atoms with Gasteiger partial charge < -0.3 is 9.88 Å². The van der Waals surface area contributed by atoms with Crippen molar-refractivity contribution < 1.29 is 4.79 Å². The molecular formula is C19H23ClN2O. The van der Waals surface area contributed by atoms with Crippen molar-refractivity contribution in [2.45, 2.75) is 45.6 Å². The number of nitrogens with zero attached hydrogens (tertiary/aromatic N) is 1. The average molecular weight is 331 g/mol. The summed E-state index contributed by atoms with van der Waals surface area (Å²) in [5, 5.41) is 3.83. The van der Waals surface area contributed by atoms with Gasteiger partial charge in [-0.2, -0.15) is 0 Å². The van der Waals surface area contributed by atoms with E-state index in [2.05, 4.69) is 23.7 Å². The number of nitrogens with one attached hydrogen (secondary N) is 1. The molecule has 1 fully saturated rings. The van der Waals surface area contributed by atoms with Crippen LogP contribution in [-0.2, 0) is 0 Å². The Kier molecular flexibility index (Phi) is 4.76. The quantitative estimate of drug-likeness (QED) is 0.767. The summed E-state index contributed by atoms with van der Waals surface area (Å²) in [5.74, 6) is 0.127. The fraction of sp³-hybridized carbons (Fsp3) is 0.421. The number of aromatic nitrogens is 1. The molecule has 0 atom stereocenters. The van der Waals surface area contributed by atoms with Crippen LogP contribution in [0.25, 0.3) is 0 Å². The molecule has 0 radical (unpaired) electrons. The smallest absolute Gasteiger partial charge is 0.183 e. The Morgan fingerprint density at radius 3 is 2.70 bits per heavy atom. The molecule has 1 aromatic carbocycles. The molecule has 23 heavy (non-hydrogen) atoms. The Morgan fingerprint density at radius 2 is 2.00 bits per heavy atom. The van der Waals surface area contributed by atoms with Crippen LogP contribution in [0.4, 0.5) is 5.69 Å². The zero-order valence-electron chi connectivity index (χ0n) is 13.7. The summed E-state index contributed by atoms with van der Waals surface area (Å²) >= 11 is 5.97. The topological polar surface area (TPSA) is 34.0 Å². The number of carbonyl (C=O) groups excluding carboxylic acids is 1. The largest absolute Gasteiger partial charge is 0.378 e. The Morgan fingerprint density at radius 1 is 1.26 bits per heavy atom. The molecular weight excluding hydrogens is 308 g/mol. The maximum Gasteiger partial charge on any atom is 0.183 e. The molecule has 0 aliphatic heterocycles. The molecule has 1 aliphatic carbocycles. The number of benzene rings is 1. The van der Waals surface area contributed by atoms with Crippen LogP contribution < -0.4 is 5.32 Å². The highest BCUT2D eigenvalue weighted by atomic mass is 35.5. The highest BCUT2D eigenvalue weighted by molar-refractivity contribution is 6.30. The highest BCUT2D eigenvalue weighted by Crippen LogP contribution is 2.33. The number of Topliss-reactive ketones (excluding diaryl/α,β-unsaturated/α-hetero) is 1. The minimum atomic E-state index is 0.127. The molecule has 0 amide bonds. The van der Waals surface area contributed by atoms with Gasteiger partial charge in [0.25, 0.3) is 0 Å². The van der Waals surface area contributed by atoms with Crippen molar-refractivity contribution in [3.63, 3.8) is 0 Å². The molecule has 1 saturated carbocycles. The molecule has 1 N–H and O–H groups in total. The molecule has 4 heteroatoms. The minimum Gasteiger partial charge on any atom is -0.378 e. The number of hydrogen-bond acceptors (Lipinski definition) is 2. The third-order valence-corrected chi connectivity index (χ3v) is 4.99. The van der Waals surface area contributed by atoms with Gasteiger partial charge in [0.05, 0.1) is 6.54 Å². The van der Waals surface area contributed by atoms with Gasteiger partial charge in [-0.15, -0.1) is 0 Å². The van der Waals surface area contributed by atoms with Crippen LogP contribution in [0, 0.1) is 13.8 Å². The lowest BCUT2D eigenvalue weighted by atomic mass is 10.1. The van der Waals surface area contributed by atoms with Gasteiger partial charge in [-0.05, 0) is 51.0 Å². The number of anilines is 1. The highest BCUT2D eigenvalue weighted by Gasteiger charge is 2.23. The number of carbonyl (C=O) groups is 1. The first kappa shape index (κ1) is 16.1. The van der Waals surface area contributed by atoms with Crippen molar-refractivity contribution in [1.82, 2.24) is 4.57 Å². The molecule has 3 nitrogen and oxygen atoms in total. The van der Waals surface area contributed by atoms with Gasteiger partial charge in [-0.25, -0.2) is 0 Å². The molecule has 0 spiro atoms. The van der Waals surface area contributed by atoms with E-state index >= 15 is 0 Å². The van der Waals surface area contributed by atoms with Gasteiger partial charge in [0.15, 0.2) is 5.78 Å². The first-order valence-electron chi connectivity index (χ1n) is 8.27. The van der Waals surface area contributed by atoms with Crippen LogP contribution in [-0.4, -0.2) is 16.9 Å². The Labute approximate surface area is 142 Å². The van der Waals surface area contributed by atoms with Gasteiger partial charge in [0.2, 0.25) is 0 Å². The molecule has 1 aliphatic rings. The summed E-state index contributed by atoms with van der Waals surface area (Å²) in [7, 11) is 0. The standard InChI is InChI=1S/C19H23ClN2O/c1-13-10-18(14(2)22(13)17-8-3-4-9-17)19(23)12-21-16-7-5-6-15(20)11-16/h5-7,10-11,17,21H,3-4,8-9,12H2,1-2H3. The number of hydrogen-bond donors (Lipinski definition) is 1. The van der Waals surface area contributed by atoms with Crippen LogP contribution in [0.1, 0.15) is 53.5 Å². The zero-order chi connectivity index (χ0) is 16.4. The summed E-state index contributed by atoms with van der Waals surface area (Å²) in [5.41, 5.74) is 4.01. The lowest BCUT2D eigenvalue weighted by Gasteiger charge is -2.17. The monoisotopic (exact) mass is 330 g/mol. The van der Waals surface area contributed by atoms with Crippen LogP contribution in [0.5, 0.6) is 0 Å². The summed E-state index contributed by atoms with van der Waals surface area (Å²) in [6, 6.07) is 10.1. The van der Waals surface area contributed by atoms with Crippen molar-refractivity contribution in [2.24, 2.45) is 0 Å².